The summed E-state index contributed by atoms with van der Waals surface area (Å²) in [6.07, 6.45) is -1.85. The topological polar surface area (TPSA) is 12.0 Å². The molecule has 1 aliphatic heterocycles. The van der Waals surface area contributed by atoms with Gasteiger partial charge in [-0.1, -0.05) is 24.3 Å². The fourth-order valence-corrected chi connectivity index (χ4v) is 2.07. The van der Waals surface area contributed by atoms with Crippen LogP contribution in [0.4, 0.5) is 0 Å². The van der Waals surface area contributed by atoms with Gasteiger partial charge in [0.15, 0.2) is 0 Å². The molecule has 1 aliphatic carbocycles. The average molecular weight is 178 g/mol. The summed E-state index contributed by atoms with van der Waals surface area (Å²) in [5.74, 6) is -1.75. The molecule has 2 atom stereocenters. The molecule has 2 unspecified atom stereocenters. The van der Waals surface area contributed by atoms with Crippen LogP contribution in [0.2, 0.25) is 0 Å². The van der Waals surface area contributed by atoms with E-state index in [0.29, 0.717) is 0 Å². The van der Waals surface area contributed by atoms with Crippen LogP contribution in [-0.2, 0) is 5.41 Å². The Morgan fingerprint density at radius 1 is 1.62 bits per heavy atom. The van der Waals surface area contributed by atoms with E-state index in [4.69, 9.17) is 6.85 Å². The van der Waals surface area contributed by atoms with Gasteiger partial charge in [-0.25, -0.2) is 0 Å². The van der Waals surface area contributed by atoms with Crippen molar-refractivity contribution < 1.29 is 6.85 Å². The summed E-state index contributed by atoms with van der Waals surface area (Å²) >= 11 is 0. The Morgan fingerprint density at radius 3 is 3.15 bits per heavy atom. The first-order chi connectivity index (χ1) is 8.22. The molecule has 1 saturated carbocycles. The molecular formula is C12H15N. The molecule has 0 aromatic heterocycles. The Morgan fingerprint density at radius 2 is 2.46 bits per heavy atom. The molecule has 2 fully saturated rings. The Hall–Kier alpha value is -0.820. The minimum Gasteiger partial charge on any atom is -0.316 e. The van der Waals surface area contributed by atoms with Crippen LogP contribution in [0.3, 0.4) is 0 Å². The van der Waals surface area contributed by atoms with Crippen LogP contribution in [0.25, 0.3) is 0 Å². The zero-order chi connectivity index (χ0) is 13.4. The van der Waals surface area contributed by atoms with E-state index in [0.717, 1.165) is 11.1 Å². The summed E-state index contributed by atoms with van der Waals surface area (Å²) in [6, 6.07) is 7.38. The van der Waals surface area contributed by atoms with Crippen molar-refractivity contribution in [3.8, 4) is 0 Å². The lowest BCUT2D eigenvalue weighted by molar-refractivity contribution is 0.672. The summed E-state index contributed by atoms with van der Waals surface area (Å²) < 4.78 is 40.2. The summed E-state index contributed by atoms with van der Waals surface area (Å²) in [4.78, 5) is 0. The smallest absolute Gasteiger partial charge is 0.0431 e. The van der Waals surface area contributed by atoms with E-state index >= 15 is 0 Å². The Bertz CT molecular complexity index is 529. The van der Waals surface area contributed by atoms with Crippen LogP contribution in [0, 0.1) is 12.8 Å². The SMILES string of the molecule is [2H]C1([2H])NCC2(c3ccccc3C)C([2H])([2H])C12[2H]. The first-order valence-electron chi connectivity index (χ1n) is 7.03. The molecule has 1 heteroatoms. The van der Waals surface area contributed by atoms with Gasteiger partial charge in [-0.2, -0.15) is 0 Å². The van der Waals surface area contributed by atoms with Gasteiger partial charge in [0.25, 0.3) is 0 Å². The van der Waals surface area contributed by atoms with E-state index in [1.54, 1.807) is 0 Å². The molecule has 2 aliphatic rings. The van der Waals surface area contributed by atoms with Crippen molar-refractivity contribution in [2.24, 2.45) is 5.89 Å². The predicted octanol–water partition coefficient (Wildman–Crippen LogP) is 1.86. The fraction of sp³-hybridized carbons (Fsp3) is 0.500. The molecule has 0 radical (unpaired) electrons. The van der Waals surface area contributed by atoms with Crippen molar-refractivity contribution in [3.05, 3.63) is 35.4 Å². The van der Waals surface area contributed by atoms with Crippen molar-refractivity contribution >= 4 is 0 Å². The minimum atomic E-state index is -2.00. The molecule has 0 amide bonds. The number of hydrogen-bond acceptors (Lipinski definition) is 1. The molecule has 3 rings (SSSR count). The van der Waals surface area contributed by atoms with Gasteiger partial charge >= 0.3 is 0 Å². The van der Waals surface area contributed by atoms with Crippen LogP contribution >= 0.6 is 0 Å². The highest BCUT2D eigenvalue weighted by atomic mass is 15.0. The summed E-state index contributed by atoms with van der Waals surface area (Å²) in [7, 11) is 0. The van der Waals surface area contributed by atoms with Gasteiger partial charge in [0, 0.05) is 18.8 Å². The molecule has 0 bridgehead atoms. The van der Waals surface area contributed by atoms with Crippen molar-refractivity contribution in [1.82, 2.24) is 5.32 Å². The fourth-order valence-electron chi connectivity index (χ4n) is 2.07. The Balaban J connectivity index is 2.22. The molecule has 1 saturated heterocycles. The average Bonchev–Trinajstić information content (AvgIpc) is 2.54. The number of rotatable bonds is 1. The second-order valence-electron chi connectivity index (χ2n) is 3.70. The van der Waals surface area contributed by atoms with Crippen LogP contribution < -0.4 is 5.32 Å². The molecule has 1 aromatic carbocycles. The van der Waals surface area contributed by atoms with Crippen LogP contribution in [0.1, 0.15) is 24.4 Å². The molecule has 1 aromatic rings. The maximum Gasteiger partial charge on any atom is 0.0431 e. The van der Waals surface area contributed by atoms with Crippen molar-refractivity contribution in [2.45, 2.75) is 18.7 Å². The summed E-state index contributed by atoms with van der Waals surface area (Å²) in [5.41, 5.74) is 0.586. The van der Waals surface area contributed by atoms with Gasteiger partial charge in [0.1, 0.15) is 0 Å². The number of aryl methyl sites for hydroxylation is 1. The summed E-state index contributed by atoms with van der Waals surface area (Å²) in [5, 5.41) is 2.66. The molecule has 1 N–H and O–H groups in total. The van der Waals surface area contributed by atoms with Crippen LogP contribution in [0.5, 0.6) is 0 Å². The quantitative estimate of drug-likeness (QED) is 0.692. The first-order valence-corrected chi connectivity index (χ1v) is 4.53. The Kier molecular flexibility index (Phi) is 0.750. The van der Waals surface area contributed by atoms with Crippen molar-refractivity contribution in [3.63, 3.8) is 0 Å². The number of hydrogen-bond donors (Lipinski definition) is 1. The second kappa shape index (κ2) is 2.36. The van der Waals surface area contributed by atoms with E-state index in [9.17, 15) is 0 Å². The number of piperidine rings is 1. The lowest BCUT2D eigenvalue weighted by atomic mass is 9.91. The van der Waals surface area contributed by atoms with Crippen LogP contribution in [-0.4, -0.2) is 13.0 Å². The van der Waals surface area contributed by atoms with Gasteiger partial charge in [0.2, 0.25) is 0 Å². The van der Waals surface area contributed by atoms with Gasteiger partial charge < -0.3 is 5.32 Å². The first kappa shape index (κ1) is 4.14. The summed E-state index contributed by atoms with van der Waals surface area (Å²) in [6.45, 7) is 0.0485. The van der Waals surface area contributed by atoms with Gasteiger partial charge in [0.05, 0.1) is 0 Å². The molecule has 1 heterocycles. The minimum absolute atomic E-state index is 0.168. The molecule has 1 nitrogen and oxygen atoms in total. The third kappa shape index (κ3) is 0.910. The van der Waals surface area contributed by atoms with Gasteiger partial charge in [-0.3, -0.25) is 0 Å². The highest BCUT2D eigenvalue weighted by molar-refractivity contribution is 5.41. The van der Waals surface area contributed by atoms with E-state index in [2.05, 4.69) is 5.32 Å². The maximum atomic E-state index is 8.34. The lowest BCUT2D eigenvalue weighted by Crippen LogP contribution is -2.19. The van der Waals surface area contributed by atoms with E-state index < -0.39 is 24.2 Å². The Labute approximate surface area is 86.2 Å². The van der Waals surface area contributed by atoms with Gasteiger partial charge in [-0.05, 0) is 36.8 Å². The number of fused-ring (bicyclic) bond motifs is 1. The van der Waals surface area contributed by atoms with Crippen molar-refractivity contribution in [2.75, 3.05) is 13.0 Å². The van der Waals surface area contributed by atoms with E-state index in [-0.39, 0.29) is 6.54 Å². The second-order valence-corrected chi connectivity index (χ2v) is 3.70. The largest absolute Gasteiger partial charge is 0.316 e. The van der Waals surface area contributed by atoms with Crippen molar-refractivity contribution in [1.29, 1.82) is 0 Å². The third-order valence-electron chi connectivity index (χ3n) is 2.87. The van der Waals surface area contributed by atoms with Gasteiger partial charge in [-0.15, -0.1) is 0 Å². The monoisotopic (exact) mass is 178 g/mol. The maximum absolute atomic E-state index is 8.34. The third-order valence-corrected chi connectivity index (χ3v) is 2.87. The van der Waals surface area contributed by atoms with E-state index in [1.807, 2.05) is 31.2 Å². The highest BCUT2D eigenvalue weighted by Crippen LogP contribution is 2.56. The molecular weight excluding hydrogens is 158 g/mol. The van der Waals surface area contributed by atoms with Crippen LogP contribution in [0.15, 0.2) is 24.3 Å². The molecule has 68 valence electrons. The molecule has 0 spiro atoms. The number of nitrogens with one attached hydrogen (secondary N) is 1. The standard InChI is InChI=1S/C12H15N/c1-9-4-2-3-5-11(9)12-6-10(12)7-13-8-12/h2-5,10,13H,6-8H2,1H3/i6D2,7D2,10D. The number of benzene rings is 1. The zero-order valence-electron chi connectivity index (χ0n) is 12.5. The zero-order valence-corrected chi connectivity index (χ0v) is 7.52. The predicted molar refractivity (Wildman–Crippen MR) is 53.8 cm³/mol. The normalized spacial score (nSPS) is 55.0. The lowest BCUT2D eigenvalue weighted by Gasteiger charge is -2.14. The van der Waals surface area contributed by atoms with E-state index in [1.165, 1.54) is 0 Å². The molecule has 13 heavy (non-hydrogen) atoms. The highest BCUT2D eigenvalue weighted by Gasteiger charge is 2.58.